The fraction of sp³-hybridized carbons (Fsp3) is 0.786. The van der Waals surface area contributed by atoms with Crippen molar-refractivity contribution in [1.82, 2.24) is 19.4 Å². The molecule has 1 saturated heterocycles. The standard InChI is InChI=1S/C14H26N4O2S/c1-12-13(10-15-17(12)2)11-18-9-5-4-6-14(18)7-8-16-21(3,19)20/h10,14,16H,4-9,11H2,1-3H3/t14-/m0/s1. The van der Waals surface area contributed by atoms with Crippen LogP contribution in [0, 0.1) is 6.92 Å². The molecule has 0 spiro atoms. The number of aromatic nitrogens is 2. The second kappa shape index (κ2) is 6.89. The fourth-order valence-corrected chi connectivity index (χ4v) is 3.41. The third-order valence-electron chi connectivity index (χ3n) is 4.30. The van der Waals surface area contributed by atoms with Gasteiger partial charge in [-0.3, -0.25) is 9.58 Å². The Bertz CT molecular complexity index is 568. The van der Waals surface area contributed by atoms with E-state index in [0.717, 1.165) is 25.9 Å². The van der Waals surface area contributed by atoms with E-state index in [1.165, 1.54) is 30.4 Å². The van der Waals surface area contributed by atoms with E-state index in [1.54, 1.807) is 0 Å². The lowest BCUT2D eigenvalue weighted by molar-refractivity contribution is 0.133. The summed E-state index contributed by atoms with van der Waals surface area (Å²) in [7, 11) is -1.13. The van der Waals surface area contributed by atoms with E-state index in [2.05, 4.69) is 21.6 Å². The number of likely N-dealkylation sites (tertiary alicyclic amines) is 1. The Kier molecular flexibility index (Phi) is 5.40. The van der Waals surface area contributed by atoms with Gasteiger partial charge in [0, 0.05) is 37.4 Å². The SMILES string of the molecule is Cc1c(CN2CCCC[C@H]2CCNS(C)(=O)=O)cnn1C. The molecule has 2 rings (SSSR count). The van der Waals surface area contributed by atoms with E-state index in [9.17, 15) is 8.42 Å². The summed E-state index contributed by atoms with van der Waals surface area (Å²) >= 11 is 0. The molecule has 6 nitrogen and oxygen atoms in total. The molecule has 0 bridgehead atoms. The summed E-state index contributed by atoms with van der Waals surface area (Å²) in [5.74, 6) is 0. The van der Waals surface area contributed by atoms with E-state index in [-0.39, 0.29) is 0 Å². The third kappa shape index (κ3) is 4.79. The molecule has 1 aromatic heterocycles. The number of nitrogens with zero attached hydrogens (tertiary/aromatic N) is 3. The van der Waals surface area contributed by atoms with Crippen LogP contribution in [0.1, 0.15) is 36.9 Å². The lowest BCUT2D eigenvalue weighted by atomic mass is 9.98. The molecule has 1 N–H and O–H groups in total. The Morgan fingerprint density at radius 2 is 2.19 bits per heavy atom. The van der Waals surface area contributed by atoms with Crippen molar-refractivity contribution in [2.75, 3.05) is 19.3 Å². The maximum absolute atomic E-state index is 11.2. The highest BCUT2D eigenvalue weighted by molar-refractivity contribution is 7.88. The van der Waals surface area contributed by atoms with Gasteiger partial charge in [-0.1, -0.05) is 6.42 Å². The Morgan fingerprint density at radius 1 is 1.43 bits per heavy atom. The van der Waals surface area contributed by atoms with Gasteiger partial charge in [-0.25, -0.2) is 13.1 Å². The van der Waals surface area contributed by atoms with Crippen molar-refractivity contribution in [3.63, 3.8) is 0 Å². The van der Waals surface area contributed by atoms with Gasteiger partial charge in [-0.15, -0.1) is 0 Å². The highest BCUT2D eigenvalue weighted by Crippen LogP contribution is 2.22. The zero-order valence-electron chi connectivity index (χ0n) is 13.2. The molecule has 2 heterocycles. The summed E-state index contributed by atoms with van der Waals surface area (Å²) in [5, 5.41) is 4.30. The number of piperidine rings is 1. The molecule has 1 atom stereocenters. The fourth-order valence-electron chi connectivity index (χ4n) is 2.92. The van der Waals surface area contributed by atoms with Crippen LogP contribution in [-0.4, -0.2) is 48.5 Å². The van der Waals surface area contributed by atoms with Crippen molar-refractivity contribution in [3.8, 4) is 0 Å². The van der Waals surface area contributed by atoms with Crippen LogP contribution in [0.15, 0.2) is 6.20 Å². The van der Waals surface area contributed by atoms with E-state index < -0.39 is 10.0 Å². The van der Waals surface area contributed by atoms with Gasteiger partial charge in [-0.05, 0) is 32.7 Å². The van der Waals surface area contributed by atoms with Gasteiger partial charge >= 0.3 is 0 Å². The van der Waals surface area contributed by atoms with Crippen molar-refractivity contribution in [2.24, 2.45) is 7.05 Å². The number of aryl methyl sites for hydroxylation is 1. The van der Waals surface area contributed by atoms with Crippen molar-refractivity contribution < 1.29 is 8.42 Å². The summed E-state index contributed by atoms with van der Waals surface area (Å²) in [6.45, 7) is 4.60. The zero-order valence-corrected chi connectivity index (χ0v) is 14.0. The highest BCUT2D eigenvalue weighted by Gasteiger charge is 2.23. The molecule has 0 aromatic carbocycles. The average Bonchev–Trinajstić information content (AvgIpc) is 2.71. The molecule has 0 saturated carbocycles. The van der Waals surface area contributed by atoms with Crippen molar-refractivity contribution in [1.29, 1.82) is 0 Å². The quantitative estimate of drug-likeness (QED) is 0.851. The number of rotatable bonds is 6. The molecule has 1 aliphatic heterocycles. The van der Waals surface area contributed by atoms with Crippen LogP contribution in [0.2, 0.25) is 0 Å². The minimum Gasteiger partial charge on any atom is -0.296 e. The molecule has 0 aliphatic carbocycles. The second-order valence-corrected chi connectivity index (χ2v) is 7.79. The molecule has 120 valence electrons. The van der Waals surface area contributed by atoms with Crippen LogP contribution in [0.5, 0.6) is 0 Å². The maximum atomic E-state index is 11.2. The molecule has 21 heavy (non-hydrogen) atoms. The number of hydrogen-bond acceptors (Lipinski definition) is 4. The van der Waals surface area contributed by atoms with Crippen LogP contribution < -0.4 is 4.72 Å². The number of nitrogens with one attached hydrogen (secondary N) is 1. The molecule has 1 fully saturated rings. The monoisotopic (exact) mass is 314 g/mol. The van der Waals surface area contributed by atoms with Crippen molar-refractivity contribution >= 4 is 10.0 Å². The Morgan fingerprint density at radius 3 is 2.81 bits per heavy atom. The van der Waals surface area contributed by atoms with Gasteiger partial charge in [0.2, 0.25) is 10.0 Å². The summed E-state index contributed by atoms with van der Waals surface area (Å²) in [5.41, 5.74) is 2.47. The minimum absolute atomic E-state index is 0.451. The van der Waals surface area contributed by atoms with Gasteiger partial charge in [0.1, 0.15) is 0 Å². The number of hydrogen-bond donors (Lipinski definition) is 1. The minimum atomic E-state index is -3.09. The lowest BCUT2D eigenvalue weighted by Gasteiger charge is -2.35. The van der Waals surface area contributed by atoms with Crippen LogP contribution >= 0.6 is 0 Å². The first-order chi connectivity index (χ1) is 9.87. The summed E-state index contributed by atoms with van der Waals surface area (Å²) in [6.07, 6.45) is 7.61. The topological polar surface area (TPSA) is 67.2 Å². The van der Waals surface area contributed by atoms with Crippen LogP contribution in [0.4, 0.5) is 0 Å². The molecule has 7 heteroatoms. The molecule has 1 aliphatic rings. The Hall–Kier alpha value is -0.920. The van der Waals surface area contributed by atoms with Crippen molar-refractivity contribution in [2.45, 2.75) is 45.2 Å². The molecular formula is C14H26N4O2S. The van der Waals surface area contributed by atoms with E-state index in [0.29, 0.717) is 12.6 Å². The Balaban J connectivity index is 1.94. The van der Waals surface area contributed by atoms with Crippen LogP contribution in [0.3, 0.4) is 0 Å². The maximum Gasteiger partial charge on any atom is 0.208 e. The molecule has 0 amide bonds. The summed E-state index contributed by atoms with van der Waals surface area (Å²) < 4.78 is 26.8. The molecular weight excluding hydrogens is 288 g/mol. The first-order valence-corrected chi connectivity index (χ1v) is 9.42. The van der Waals surface area contributed by atoms with E-state index in [1.807, 2.05) is 17.9 Å². The number of sulfonamides is 1. The van der Waals surface area contributed by atoms with Gasteiger partial charge in [0.15, 0.2) is 0 Å². The lowest BCUT2D eigenvalue weighted by Crippen LogP contribution is -2.41. The third-order valence-corrected chi connectivity index (χ3v) is 5.03. The predicted molar refractivity (Wildman–Crippen MR) is 83.5 cm³/mol. The van der Waals surface area contributed by atoms with Gasteiger partial charge in [0.05, 0.1) is 12.5 Å². The highest BCUT2D eigenvalue weighted by atomic mass is 32.2. The largest absolute Gasteiger partial charge is 0.296 e. The van der Waals surface area contributed by atoms with Crippen molar-refractivity contribution in [3.05, 3.63) is 17.5 Å². The van der Waals surface area contributed by atoms with Gasteiger partial charge in [0.25, 0.3) is 0 Å². The molecule has 0 radical (unpaired) electrons. The predicted octanol–water partition coefficient (Wildman–Crippen LogP) is 1.02. The average molecular weight is 314 g/mol. The molecule has 0 unspecified atom stereocenters. The van der Waals surface area contributed by atoms with Crippen LogP contribution in [0.25, 0.3) is 0 Å². The molecule has 1 aromatic rings. The van der Waals surface area contributed by atoms with Gasteiger partial charge in [-0.2, -0.15) is 5.10 Å². The van der Waals surface area contributed by atoms with E-state index in [4.69, 9.17) is 0 Å². The van der Waals surface area contributed by atoms with E-state index >= 15 is 0 Å². The smallest absolute Gasteiger partial charge is 0.208 e. The van der Waals surface area contributed by atoms with Gasteiger partial charge < -0.3 is 0 Å². The first kappa shape index (κ1) is 16.5. The zero-order chi connectivity index (χ0) is 15.5. The summed E-state index contributed by atoms with van der Waals surface area (Å²) in [6, 6.07) is 0.451. The Labute approximate surface area is 127 Å². The normalized spacial score (nSPS) is 20.8. The first-order valence-electron chi connectivity index (χ1n) is 7.53. The second-order valence-electron chi connectivity index (χ2n) is 5.95. The van der Waals surface area contributed by atoms with Crippen LogP contribution in [-0.2, 0) is 23.6 Å². The summed E-state index contributed by atoms with van der Waals surface area (Å²) in [4.78, 5) is 2.47.